The van der Waals surface area contributed by atoms with Gasteiger partial charge in [0, 0.05) is 6.54 Å². The van der Waals surface area contributed by atoms with Crippen LogP contribution in [-0.4, -0.2) is 17.6 Å². The second-order valence-corrected chi connectivity index (χ2v) is 5.68. The number of carbonyl (C=O) groups is 1. The molecule has 3 nitrogen and oxygen atoms in total. The van der Waals surface area contributed by atoms with Crippen molar-refractivity contribution in [3.05, 3.63) is 34.9 Å². The molecule has 0 spiro atoms. The predicted molar refractivity (Wildman–Crippen MR) is 82.8 cm³/mol. The average molecular weight is 277 g/mol. The van der Waals surface area contributed by atoms with Crippen LogP contribution >= 0.6 is 0 Å². The van der Waals surface area contributed by atoms with Crippen LogP contribution in [0.2, 0.25) is 0 Å². The van der Waals surface area contributed by atoms with Gasteiger partial charge in [0.1, 0.15) is 0 Å². The minimum absolute atomic E-state index is 0.231. The average Bonchev–Trinajstić information content (AvgIpc) is 2.43. The summed E-state index contributed by atoms with van der Waals surface area (Å²) in [5.74, 6) is -0.740. The molecule has 20 heavy (non-hydrogen) atoms. The number of carboxylic acids is 1. The van der Waals surface area contributed by atoms with Crippen LogP contribution in [0.25, 0.3) is 0 Å². The van der Waals surface area contributed by atoms with Gasteiger partial charge in [-0.1, -0.05) is 31.5 Å². The van der Waals surface area contributed by atoms with Crippen molar-refractivity contribution in [1.82, 2.24) is 0 Å². The maximum absolute atomic E-state index is 11.1. The molecule has 3 N–H and O–H groups in total. The number of carboxylic acid groups (broad SMARTS) is 1. The van der Waals surface area contributed by atoms with Crippen molar-refractivity contribution in [3.63, 3.8) is 0 Å². The lowest BCUT2D eigenvalue weighted by molar-refractivity contribution is -0.142. The quantitative estimate of drug-likeness (QED) is 0.766. The first-order valence-electron chi connectivity index (χ1n) is 7.47. The van der Waals surface area contributed by atoms with Gasteiger partial charge in [-0.3, -0.25) is 4.79 Å². The molecule has 0 radical (unpaired) electrons. The van der Waals surface area contributed by atoms with Crippen LogP contribution in [0.15, 0.2) is 18.2 Å². The molecule has 0 fully saturated rings. The number of nitrogens with two attached hydrogens (primary N) is 1. The summed E-state index contributed by atoms with van der Waals surface area (Å²) in [5, 5.41) is 9.10. The molecule has 3 heteroatoms. The minimum Gasteiger partial charge on any atom is -0.481 e. The van der Waals surface area contributed by atoms with Gasteiger partial charge in [-0.25, -0.2) is 0 Å². The summed E-state index contributed by atoms with van der Waals surface area (Å²) in [6, 6.07) is 6.40. The van der Waals surface area contributed by atoms with Gasteiger partial charge in [-0.2, -0.15) is 0 Å². The fourth-order valence-electron chi connectivity index (χ4n) is 2.63. The standard InChI is InChI=1S/C17H27NO2/c1-4-14(10-16(11-18)17(19)20)8-9-15-7-5-6-12(2)13(15)3/h5-7,14,16H,4,8-11,18H2,1-3H3,(H,19,20). The highest BCUT2D eigenvalue weighted by atomic mass is 16.4. The molecule has 0 saturated heterocycles. The molecule has 0 amide bonds. The number of benzene rings is 1. The van der Waals surface area contributed by atoms with Crippen LogP contribution in [0.1, 0.15) is 42.9 Å². The Kier molecular flexibility index (Phi) is 6.73. The van der Waals surface area contributed by atoms with Gasteiger partial charge in [-0.05, 0) is 55.7 Å². The normalized spacial score (nSPS) is 14.0. The van der Waals surface area contributed by atoms with Gasteiger partial charge in [0.25, 0.3) is 0 Å². The first kappa shape index (κ1) is 16.7. The van der Waals surface area contributed by atoms with E-state index in [2.05, 4.69) is 39.0 Å². The zero-order chi connectivity index (χ0) is 15.1. The van der Waals surface area contributed by atoms with Gasteiger partial charge in [-0.15, -0.1) is 0 Å². The molecule has 1 aromatic carbocycles. The molecule has 2 atom stereocenters. The Hall–Kier alpha value is -1.35. The molecule has 1 rings (SSSR count). The van der Waals surface area contributed by atoms with Crippen LogP contribution in [-0.2, 0) is 11.2 Å². The van der Waals surface area contributed by atoms with Crippen molar-refractivity contribution in [3.8, 4) is 0 Å². The van der Waals surface area contributed by atoms with E-state index in [1.807, 2.05) is 0 Å². The molecule has 0 heterocycles. The molecule has 1 aromatic rings. The van der Waals surface area contributed by atoms with Crippen molar-refractivity contribution in [2.75, 3.05) is 6.54 Å². The fraction of sp³-hybridized carbons (Fsp3) is 0.588. The summed E-state index contributed by atoms with van der Waals surface area (Å²) in [6.45, 7) is 6.65. The zero-order valence-electron chi connectivity index (χ0n) is 12.9. The number of hydrogen-bond acceptors (Lipinski definition) is 2. The highest BCUT2D eigenvalue weighted by Gasteiger charge is 2.20. The second kappa shape index (κ2) is 8.05. The summed E-state index contributed by atoms with van der Waals surface area (Å²) in [7, 11) is 0. The Bertz CT molecular complexity index is 443. The number of aliphatic carboxylic acids is 1. The summed E-state index contributed by atoms with van der Waals surface area (Å²) in [4.78, 5) is 11.1. The van der Waals surface area contributed by atoms with Crippen LogP contribution in [0.3, 0.4) is 0 Å². The van der Waals surface area contributed by atoms with Crippen molar-refractivity contribution in [2.24, 2.45) is 17.6 Å². The van der Waals surface area contributed by atoms with E-state index in [0.717, 1.165) is 19.3 Å². The summed E-state index contributed by atoms with van der Waals surface area (Å²) in [5.41, 5.74) is 9.60. The lowest BCUT2D eigenvalue weighted by Crippen LogP contribution is -2.26. The topological polar surface area (TPSA) is 63.3 Å². The number of rotatable bonds is 8. The molecule has 0 aliphatic rings. The number of hydrogen-bond donors (Lipinski definition) is 2. The van der Waals surface area contributed by atoms with Crippen molar-refractivity contribution in [1.29, 1.82) is 0 Å². The van der Waals surface area contributed by atoms with Gasteiger partial charge < -0.3 is 10.8 Å². The summed E-state index contributed by atoms with van der Waals surface area (Å²) >= 11 is 0. The maximum atomic E-state index is 11.1. The van der Waals surface area contributed by atoms with Crippen molar-refractivity contribution < 1.29 is 9.90 Å². The van der Waals surface area contributed by atoms with E-state index >= 15 is 0 Å². The summed E-state index contributed by atoms with van der Waals surface area (Å²) in [6.07, 6.45) is 3.75. The molecule has 112 valence electrons. The lowest BCUT2D eigenvalue weighted by atomic mass is 9.87. The smallest absolute Gasteiger partial charge is 0.307 e. The maximum Gasteiger partial charge on any atom is 0.307 e. The minimum atomic E-state index is -0.766. The second-order valence-electron chi connectivity index (χ2n) is 5.68. The van der Waals surface area contributed by atoms with Gasteiger partial charge >= 0.3 is 5.97 Å². The van der Waals surface area contributed by atoms with E-state index in [1.165, 1.54) is 16.7 Å². The third kappa shape index (κ3) is 4.64. The molecule has 0 aliphatic heterocycles. The van der Waals surface area contributed by atoms with Crippen molar-refractivity contribution >= 4 is 5.97 Å². The highest BCUT2D eigenvalue weighted by molar-refractivity contribution is 5.70. The molecular formula is C17H27NO2. The van der Waals surface area contributed by atoms with Crippen LogP contribution < -0.4 is 5.73 Å². The summed E-state index contributed by atoms with van der Waals surface area (Å²) < 4.78 is 0. The molecule has 2 unspecified atom stereocenters. The molecule has 0 saturated carbocycles. The van der Waals surface area contributed by atoms with Crippen LogP contribution in [0.4, 0.5) is 0 Å². The number of aryl methyl sites for hydroxylation is 2. The monoisotopic (exact) mass is 277 g/mol. The Balaban J connectivity index is 2.61. The fourth-order valence-corrected chi connectivity index (χ4v) is 2.63. The Morgan fingerprint density at radius 2 is 2.05 bits per heavy atom. The zero-order valence-corrected chi connectivity index (χ0v) is 12.9. The molecule has 0 aromatic heterocycles. The Morgan fingerprint density at radius 3 is 2.60 bits per heavy atom. The van der Waals surface area contributed by atoms with E-state index in [1.54, 1.807) is 0 Å². The first-order chi connectivity index (χ1) is 9.49. The Labute approximate surface area is 122 Å². The lowest BCUT2D eigenvalue weighted by Gasteiger charge is -2.19. The third-order valence-electron chi connectivity index (χ3n) is 4.37. The van der Waals surface area contributed by atoms with E-state index in [0.29, 0.717) is 12.3 Å². The third-order valence-corrected chi connectivity index (χ3v) is 4.37. The first-order valence-corrected chi connectivity index (χ1v) is 7.47. The van der Waals surface area contributed by atoms with E-state index in [-0.39, 0.29) is 6.54 Å². The van der Waals surface area contributed by atoms with Crippen molar-refractivity contribution in [2.45, 2.75) is 46.5 Å². The molecule has 0 bridgehead atoms. The van der Waals surface area contributed by atoms with Crippen LogP contribution in [0.5, 0.6) is 0 Å². The van der Waals surface area contributed by atoms with Gasteiger partial charge in [0.05, 0.1) is 5.92 Å². The highest BCUT2D eigenvalue weighted by Crippen LogP contribution is 2.23. The largest absolute Gasteiger partial charge is 0.481 e. The Morgan fingerprint density at radius 1 is 1.35 bits per heavy atom. The van der Waals surface area contributed by atoms with E-state index < -0.39 is 11.9 Å². The van der Waals surface area contributed by atoms with E-state index in [4.69, 9.17) is 10.8 Å². The molecule has 0 aliphatic carbocycles. The molecular weight excluding hydrogens is 250 g/mol. The predicted octanol–water partition coefficient (Wildman–Crippen LogP) is 3.31. The van der Waals surface area contributed by atoms with Gasteiger partial charge in [0.2, 0.25) is 0 Å². The van der Waals surface area contributed by atoms with Crippen LogP contribution in [0, 0.1) is 25.7 Å². The van der Waals surface area contributed by atoms with Gasteiger partial charge in [0.15, 0.2) is 0 Å². The van der Waals surface area contributed by atoms with E-state index in [9.17, 15) is 4.79 Å². The SMILES string of the molecule is CCC(CCc1cccc(C)c1C)CC(CN)C(=O)O.